The smallest absolute Gasteiger partial charge is 0.244 e. The Kier molecular flexibility index (Phi) is 4.65. The third-order valence-electron chi connectivity index (χ3n) is 2.56. The molecule has 0 unspecified atom stereocenters. The lowest BCUT2D eigenvalue weighted by Crippen LogP contribution is -2.49. The van der Waals surface area contributed by atoms with Crippen LogP contribution in [0.15, 0.2) is 23.4 Å². The Balaban J connectivity index is 2.82. The number of hydrogen-bond acceptors (Lipinski definition) is 5. The Hall–Kier alpha value is -1.47. The van der Waals surface area contributed by atoms with Crippen molar-refractivity contribution < 1.29 is 13.2 Å². The second kappa shape index (κ2) is 5.66. The summed E-state index contributed by atoms with van der Waals surface area (Å²) in [5.74, 6) is -0.205. The van der Waals surface area contributed by atoms with Gasteiger partial charge in [-0.25, -0.2) is 13.4 Å². The lowest BCUT2D eigenvalue weighted by atomic mass is 10.0. The molecule has 1 aromatic heterocycles. The van der Waals surface area contributed by atoms with Crippen LogP contribution in [0.4, 0.5) is 5.69 Å². The van der Waals surface area contributed by atoms with Crippen LogP contribution in [0.2, 0.25) is 0 Å². The van der Waals surface area contributed by atoms with Crippen LogP contribution in [0, 0.1) is 0 Å². The molecule has 1 heterocycles. The standard InChI is InChI=1S/C12H19N3O3S/c1-5-14-12(2,3)11(16)15-9-6-7-10(13-8-9)19(4,17)18/h6-8,14H,5H2,1-4H3,(H,15,16). The monoisotopic (exact) mass is 285 g/mol. The van der Waals surface area contributed by atoms with E-state index >= 15 is 0 Å². The van der Waals surface area contributed by atoms with Gasteiger partial charge in [0.1, 0.15) is 0 Å². The van der Waals surface area contributed by atoms with E-state index in [4.69, 9.17) is 0 Å². The zero-order chi connectivity index (χ0) is 14.7. The van der Waals surface area contributed by atoms with Gasteiger partial charge in [-0.15, -0.1) is 0 Å². The molecule has 0 bridgehead atoms. The topological polar surface area (TPSA) is 88.2 Å². The molecule has 0 saturated carbocycles. The molecule has 1 aromatic rings. The normalized spacial score (nSPS) is 12.2. The largest absolute Gasteiger partial charge is 0.323 e. The predicted octanol–water partition coefficient (Wildman–Crippen LogP) is 0.812. The molecule has 0 aliphatic rings. The Morgan fingerprint density at radius 2 is 2.00 bits per heavy atom. The van der Waals surface area contributed by atoms with Crippen molar-refractivity contribution in [2.75, 3.05) is 18.1 Å². The minimum absolute atomic E-state index is 0.0172. The fourth-order valence-electron chi connectivity index (χ4n) is 1.48. The van der Waals surface area contributed by atoms with Crippen molar-refractivity contribution in [1.29, 1.82) is 0 Å². The number of hydrogen-bond donors (Lipinski definition) is 2. The molecule has 1 amide bonds. The van der Waals surface area contributed by atoms with Gasteiger partial charge in [-0.3, -0.25) is 4.79 Å². The van der Waals surface area contributed by atoms with Gasteiger partial charge >= 0.3 is 0 Å². The van der Waals surface area contributed by atoms with Crippen molar-refractivity contribution in [3.8, 4) is 0 Å². The van der Waals surface area contributed by atoms with Crippen LogP contribution in [0.5, 0.6) is 0 Å². The van der Waals surface area contributed by atoms with Gasteiger partial charge in [0.15, 0.2) is 14.9 Å². The van der Waals surface area contributed by atoms with Crippen molar-refractivity contribution in [3.05, 3.63) is 18.3 Å². The minimum Gasteiger partial charge on any atom is -0.323 e. The highest BCUT2D eigenvalue weighted by molar-refractivity contribution is 7.90. The molecule has 0 aromatic carbocycles. The molecule has 0 atom stereocenters. The number of nitrogens with one attached hydrogen (secondary N) is 2. The number of amides is 1. The van der Waals surface area contributed by atoms with E-state index in [0.717, 1.165) is 6.26 Å². The summed E-state index contributed by atoms with van der Waals surface area (Å²) in [6, 6.07) is 2.88. The first-order valence-corrected chi connectivity index (χ1v) is 7.78. The van der Waals surface area contributed by atoms with E-state index in [9.17, 15) is 13.2 Å². The molecule has 0 aliphatic heterocycles. The van der Waals surface area contributed by atoms with Gasteiger partial charge in [0.25, 0.3) is 0 Å². The number of carbonyl (C=O) groups excluding carboxylic acids is 1. The van der Waals surface area contributed by atoms with Gasteiger partial charge in [-0.1, -0.05) is 6.92 Å². The van der Waals surface area contributed by atoms with E-state index < -0.39 is 15.4 Å². The van der Waals surface area contributed by atoms with E-state index in [1.807, 2.05) is 6.92 Å². The summed E-state index contributed by atoms with van der Waals surface area (Å²) in [5, 5.41) is 5.72. The van der Waals surface area contributed by atoms with Crippen LogP contribution in [0.3, 0.4) is 0 Å². The second-order valence-electron chi connectivity index (χ2n) is 4.77. The van der Waals surface area contributed by atoms with Gasteiger partial charge in [0.05, 0.1) is 17.4 Å². The summed E-state index contributed by atoms with van der Waals surface area (Å²) in [5.41, 5.74) is -0.243. The van der Waals surface area contributed by atoms with E-state index in [0.29, 0.717) is 12.2 Å². The molecule has 0 saturated heterocycles. The molecule has 19 heavy (non-hydrogen) atoms. The first kappa shape index (κ1) is 15.6. The molecule has 2 N–H and O–H groups in total. The number of aromatic nitrogens is 1. The number of nitrogens with zero attached hydrogens (tertiary/aromatic N) is 1. The molecule has 0 radical (unpaired) electrons. The predicted molar refractivity (Wildman–Crippen MR) is 73.7 cm³/mol. The van der Waals surface area contributed by atoms with E-state index in [1.165, 1.54) is 18.3 Å². The highest BCUT2D eigenvalue weighted by atomic mass is 32.2. The Morgan fingerprint density at radius 1 is 1.37 bits per heavy atom. The molecule has 106 valence electrons. The van der Waals surface area contributed by atoms with Crippen LogP contribution in [-0.4, -0.2) is 37.6 Å². The molecule has 0 fully saturated rings. The van der Waals surface area contributed by atoms with Crippen molar-refractivity contribution >= 4 is 21.4 Å². The van der Waals surface area contributed by atoms with Crippen LogP contribution in [-0.2, 0) is 14.6 Å². The third-order valence-corrected chi connectivity index (χ3v) is 3.56. The Bertz CT molecular complexity index is 550. The number of anilines is 1. The maximum Gasteiger partial charge on any atom is 0.244 e. The van der Waals surface area contributed by atoms with Crippen molar-refractivity contribution in [2.45, 2.75) is 31.3 Å². The second-order valence-corrected chi connectivity index (χ2v) is 6.73. The number of carbonyl (C=O) groups is 1. The average molecular weight is 285 g/mol. The Morgan fingerprint density at radius 3 is 2.42 bits per heavy atom. The van der Waals surface area contributed by atoms with Gasteiger partial charge in [0, 0.05) is 6.26 Å². The number of sulfone groups is 1. The zero-order valence-electron chi connectivity index (χ0n) is 11.5. The average Bonchev–Trinajstić information content (AvgIpc) is 2.28. The van der Waals surface area contributed by atoms with Gasteiger partial charge < -0.3 is 10.6 Å². The molecule has 6 nitrogen and oxygen atoms in total. The van der Waals surface area contributed by atoms with E-state index in [1.54, 1.807) is 13.8 Å². The summed E-state index contributed by atoms with van der Waals surface area (Å²) < 4.78 is 22.5. The molecular formula is C12H19N3O3S. The summed E-state index contributed by atoms with van der Waals surface area (Å²) in [4.78, 5) is 15.8. The van der Waals surface area contributed by atoms with Crippen LogP contribution in [0.25, 0.3) is 0 Å². The lowest BCUT2D eigenvalue weighted by Gasteiger charge is -2.24. The fourth-order valence-corrected chi connectivity index (χ4v) is 2.04. The zero-order valence-corrected chi connectivity index (χ0v) is 12.3. The highest BCUT2D eigenvalue weighted by Gasteiger charge is 2.26. The molecule has 1 rings (SSSR count). The van der Waals surface area contributed by atoms with Gasteiger partial charge in [-0.05, 0) is 32.5 Å². The van der Waals surface area contributed by atoms with E-state index in [-0.39, 0.29) is 10.9 Å². The summed E-state index contributed by atoms with van der Waals surface area (Å²) >= 11 is 0. The molecule has 7 heteroatoms. The van der Waals surface area contributed by atoms with Crippen LogP contribution >= 0.6 is 0 Å². The number of rotatable bonds is 5. The summed E-state index contributed by atoms with van der Waals surface area (Å²) in [6.45, 7) is 6.12. The Labute approximate surface area is 113 Å². The van der Waals surface area contributed by atoms with Gasteiger partial charge in [-0.2, -0.15) is 0 Å². The number of pyridine rings is 1. The third kappa shape index (κ3) is 4.29. The number of likely N-dealkylation sites (N-methyl/N-ethyl adjacent to an activating group) is 1. The minimum atomic E-state index is -3.32. The first-order chi connectivity index (χ1) is 8.66. The molecule has 0 spiro atoms. The van der Waals surface area contributed by atoms with Crippen LogP contribution in [0.1, 0.15) is 20.8 Å². The first-order valence-electron chi connectivity index (χ1n) is 5.89. The maximum absolute atomic E-state index is 12.0. The van der Waals surface area contributed by atoms with Crippen molar-refractivity contribution in [3.63, 3.8) is 0 Å². The quantitative estimate of drug-likeness (QED) is 0.836. The highest BCUT2D eigenvalue weighted by Crippen LogP contribution is 2.12. The van der Waals surface area contributed by atoms with Crippen molar-refractivity contribution in [2.24, 2.45) is 0 Å². The van der Waals surface area contributed by atoms with Gasteiger partial charge in [0.2, 0.25) is 5.91 Å². The molecule has 0 aliphatic carbocycles. The SMILES string of the molecule is CCNC(C)(C)C(=O)Nc1ccc(S(C)(=O)=O)nc1. The molecular weight excluding hydrogens is 266 g/mol. The van der Waals surface area contributed by atoms with E-state index in [2.05, 4.69) is 15.6 Å². The van der Waals surface area contributed by atoms with Crippen LogP contribution < -0.4 is 10.6 Å². The summed E-state index contributed by atoms with van der Waals surface area (Å²) in [7, 11) is -3.32. The lowest BCUT2D eigenvalue weighted by molar-refractivity contribution is -0.121. The maximum atomic E-state index is 12.0. The summed E-state index contributed by atoms with van der Waals surface area (Å²) in [6.07, 6.45) is 2.41. The van der Waals surface area contributed by atoms with Crippen molar-refractivity contribution in [1.82, 2.24) is 10.3 Å². The fraction of sp³-hybridized carbons (Fsp3) is 0.500.